The number of nitrogens with zero attached hydrogens (tertiary/aromatic N) is 3. The second kappa shape index (κ2) is 4.53. The van der Waals surface area contributed by atoms with Crippen LogP contribution in [0.2, 0.25) is 0 Å². The van der Waals surface area contributed by atoms with Crippen molar-refractivity contribution in [1.29, 1.82) is 0 Å². The molecule has 2 aromatic heterocycles. The van der Waals surface area contributed by atoms with E-state index in [0.717, 1.165) is 6.20 Å². The number of hydrogen-bond donors (Lipinski definition) is 0. The van der Waals surface area contributed by atoms with Crippen LogP contribution in [-0.2, 0) is 0 Å². The molecule has 4 nitrogen and oxygen atoms in total. The molecule has 0 saturated heterocycles. The van der Waals surface area contributed by atoms with Gasteiger partial charge in [-0.1, -0.05) is 6.07 Å². The molecular formula is C14H8FN3O. The standard InChI is InChI=1S/C14H8FN3O/c15-11-8-16-5-4-9(11)14(19)10-2-1-3-12-13(10)18-7-6-17-12/h1-8H. The van der Waals surface area contributed by atoms with E-state index in [0.29, 0.717) is 16.6 Å². The molecule has 0 spiro atoms. The van der Waals surface area contributed by atoms with Gasteiger partial charge in [-0.05, 0) is 18.2 Å². The quantitative estimate of drug-likeness (QED) is 0.658. The van der Waals surface area contributed by atoms with Crippen molar-refractivity contribution in [3.05, 3.63) is 66.0 Å². The summed E-state index contributed by atoms with van der Waals surface area (Å²) in [5.41, 5.74) is 1.37. The summed E-state index contributed by atoms with van der Waals surface area (Å²) in [5.74, 6) is -1.07. The molecule has 0 unspecified atom stereocenters. The zero-order chi connectivity index (χ0) is 13.2. The smallest absolute Gasteiger partial charge is 0.198 e. The average molecular weight is 253 g/mol. The molecule has 0 amide bonds. The van der Waals surface area contributed by atoms with Gasteiger partial charge in [0.1, 0.15) is 0 Å². The summed E-state index contributed by atoms with van der Waals surface area (Å²) >= 11 is 0. The minimum atomic E-state index is -0.645. The number of hydrogen-bond acceptors (Lipinski definition) is 4. The average Bonchev–Trinajstić information content (AvgIpc) is 2.46. The summed E-state index contributed by atoms with van der Waals surface area (Å²) in [6.07, 6.45) is 5.45. The Balaban J connectivity index is 2.20. The third-order valence-corrected chi connectivity index (χ3v) is 2.76. The predicted octanol–water partition coefficient (Wildman–Crippen LogP) is 2.39. The number of carbonyl (C=O) groups is 1. The minimum absolute atomic E-state index is 0.0202. The molecule has 1 aromatic carbocycles. The van der Waals surface area contributed by atoms with E-state index in [9.17, 15) is 9.18 Å². The van der Waals surface area contributed by atoms with Crippen LogP contribution in [0, 0.1) is 5.82 Å². The third-order valence-electron chi connectivity index (χ3n) is 2.76. The molecule has 0 radical (unpaired) electrons. The van der Waals surface area contributed by atoms with Crippen LogP contribution in [0.5, 0.6) is 0 Å². The van der Waals surface area contributed by atoms with Gasteiger partial charge in [0, 0.05) is 18.6 Å². The van der Waals surface area contributed by atoms with Crippen LogP contribution >= 0.6 is 0 Å². The summed E-state index contributed by atoms with van der Waals surface area (Å²) in [5, 5.41) is 0. The first-order chi connectivity index (χ1) is 9.27. The summed E-state index contributed by atoms with van der Waals surface area (Å²) in [4.78, 5) is 24.2. The largest absolute Gasteiger partial charge is 0.288 e. The van der Waals surface area contributed by atoms with Crippen molar-refractivity contribution in [3.63, 3.8) is 0 Å². The molecule has 2 heterocycles. The van der Waals surface area contributed by atoms with E-state index in [1.165, 1.54) is 18.5 Å². The molecule has 0 N–H and O–H groups in total. The Morgan fingerprint density at radius 2 is 1.84 bits per heavy atom. The lowest BCUT2D eigenvalue weighted by molar-refractivity contribution is 0.103. The van der Waals surface area contributed by atoms with Crippen LogP contribution in [-0.4, -0.2) is 20.7 Å². The Morgan fingerprint density at radius 1 is 1.00 bits per heavy atom. The van der Waals surface area contributed by atoms with E-state index < -0.39 is 11.6 Å². The molecule has 3 rings (SSSR count). The highest BCUT2D eigenvalue weighted by Gasteiger charge is 2.17. The Hall–Kier alpha value is -2.69. The highest BCUT2D eigenvalue weighted by molar-refractivity contribution is 6.15. The van der Waals surface area contributed by atoms with Gasteiger partial charge < -0.3 is 0 Å². The second-order valence-electron chi connectivity index (χ2n) is 3.91. The van der Waals surface area contributed by atoms with E-state index in [1.807, 2.05) is 0 Å². The Bertz CT molecular complexity index is 768. The Kier molecular flexibility index (Phi) is 2.72. The maximum absolute atomic E-state index is 13.6. The molecule has 0 atom stereocenters. The fraction of sp³-hybridized carbons (Fsp3) is 0. The second-order valence-corrected chi connectivity index (χ2v) is 3.91. The number of rotatable bonds is 2. The van der Waals surface area contributed by atoms with Crippen molar-refractivity contribution < 1.29 is 9.18 Å². The Labute approximate surface area is 108 Å². The van der Waals surface area contributed by atoms with Crippen LogP contribution in [0.15, 0.2) is 49.1 Å². The van der Waals surface area contributed by atoms with Crippen LogP contribution in [0.25, 0.3) is 11.0 Å². The number of para-hydroxylation sites is 1. The summed E-state index contributed by atoms with van der Waals surface area (Å²) in [7, 11) is 0. The van der Waals surface area contributed by atoms with Crippen LogP contribution in [0.1, 0.15) is 15.9 Å². The third kappa shape index (κ3) is 1.95. The minimum Gasteiger partial charge on any atom is -0.288 e. The SMILES string of the molecule is O=C(c1ccncc1F)c1cccc2nccnc12. The van der Waals surface area contributed by atoms with E-state index in [1.54, 1.807) is 24.4 Å². The van der Waals surface area contributed by atoms with Crippen molar-refractivity contribution in [3.8, 4) is 0 Å². The number of benzene rings is 1. The molecule has 0 aliphatic carbocycles. The van der Waals surface area contributed by atoms with Gasteiger partial charge in [0.05, 0.1) is 28.4 Å². The fourth-order valence-electron chi connectivity index (χ4n) is 1.88. The molecule has 92 valence electrons. The highest BCUT2D eigenvalue weighted by Crippen LogP contribution is 2.18. The van der Waals surface area contributed by atoms with E-state index >= 15 is 0 Å². The topological polar surface area (TPSA) is 55.7 Å². The number of ketones is 1. The van der Waals surface area contributed by atoms with Crippen molar-refractivity contribution in [1.82, 2.24) is 15.0 Å². The molecular weight excluding hydrogens is 245 g/mol. The van der Waals surface area contributed by atoms with Crippen molar-refractivity contribution in [2.75, 3.05) is 0 Å². The molecule has 0 saturated carbocycles. The van der Waals surface area contributed by atoms with Gasteiger partial charge in [0.2, 0.25) is 0 Å². The van der Waals surface area contributed by atoms with Gasteiger partial charge in [-0.25, -0.2) is 4.39 Å². The summed E-state index contributed by atoms with van der Waals surface area (Å²) < 4.78 is 13.6. The van der Waals surface area contributed by atoms with Crippen molar-refractivity contribution in [2.45, 2.75) is 0 Å². The highest BCUT2D eigenvalue weighted by atomic mass is 19.1. The molecule has 3 aromatic rings. The first kappa shape index (κ1) is 11.4. The number of halogens is 1. The lowest BCUT2D eigenvalue weighted by Crippen LogP contribution is -2.06. The molecule has 0 fully saturated rings. The maximum atomic E-state index is 13.6. The van der Waals surface area contributed by atoms with Gasteiger partial charge in [-0.15, -0.1) is 0 Å². The maximum Gasteiger partial charge on any atom is 0.198 e. The lowest BCUT2D eigenvalue weighted by Gasteiger charge is -2.04. The van der Waals surface area contributed by atoms with Gasteiger partial charge in [-0.2, -0.15) is 0 Å². The molecule has 19 heavy (non-hydrogen) atoms. The predicted molar refractivity (Wildman–Crippen MR) is 67.2 cm³/mol. The molecule has 0 aliphatic heterocycles. The number of pyridine rings is 1. The van der Waals surface area contributed by atoms with Gasteiger partial charge >= 0.3 is 0 Å². The molecule has 0 aliphatic rings. The van der Waals surface area contributed by atoms with Crippen LogP contribution < -0.4 is 0 Å². The fourth-order valence-corrected chi connectivity index (χ4v) is 1.88. The molecule has 0 bridgehead atoms. The number of carbonyl (C=O) groups excluding carboxylic acids is 1. The number of aromatic nitrogens is 3. The van der Waals surface area contributed by atoms with E-state index in [4.69, 9.17) is 0 Å². The normalized spacial score (nSPS) is 10.6. The first-order valence-electron chi connectivity index (χ1n) is 5.61. The van der Waals surface area contributed by atoms with Gasteiger partial charge in [0.25, 0.3) is 0 Å². The summed E-state index contributed by atoms with van der Waals surface area (Å²) in [6, 6.07) is 6.41. The zero-order valence-corrected chi connectivity index (χ0v) is 9.75. The van der Waals surface area contributed by atoms with Gasteiger partial charge in [-0.3, -0.25) is 19.7 Å². The summed E-state index contributed by atoms with van der Waals surface area (Å²) in [6.45, 7) is 0. The van der Waals surface area contributed by atoms with Crippen molar-refractivity contribution in [2.24, 2.45) is 0 Å². The van der Waals surface area contributed by atoms with E-state index in [-0.39, 0.29) is 5.56 Å². The van der Waals surface area contributed by atoms with E-state index in [2.05, 4.69) is 15.0 Å². The first-order valence-corrected chi connectivity index (χ1v) is 5.61. The van der Waals surface area contributed by atoms with Gasteiger partial charge in [0.15, 0.2) is 11.6 Å². The molecule has 5 heteroatoms. The van der Waals surface area contributed by atoms with Crippen molar-refractivity contribution >= 4 is 16.8 Å². The zero-order valence-electron chi connectivity index (χ0n) is 9.75. The number of fused-ring (bicyclic) bond motifs is 1. The lowest BCUT2D eigenvalue weighted by atomic mass is 10.0. The monoisotopic (exact) mass is 253 g/mol. The van der Waals surface area contributed by atoms with Crippen LogP contribution in [0.3, 0.4) is 0 Å². The Morgan fingerprint density at radius 3 is 2.68 bits per heavy atom. The van der Waals surface area contributed by atoms with Crippen LogP contribution in [0.4, 0.5) is 4.39 Å².